The van der Waals surface area contributed by atoms with Gasteiger partial charge in [0.15, 0.2) is 0 Å². The maximum absolute atomic E-state index is 11.3. The molecule has 0 aromatic heterocycles. The number of carbonyl (C=O) groups is 1. The number of rotatable bonds is 18. The Morgan fingerprint density at radius 3 is 1.81 bits per heavy atom. The van der Waals surface area contributed by atoms with Crippen molar-refractivity contribution >= 4 is 16.1 Å². The van der Waals surface area contributed by atoms with Crippen molar-refractivity contribution in [1.82, 2.24) is 0 Å². The minimum Gasteiger partial charge on any atom is -0.282 e. The predicted octanol–water partition coefficient (Wildman–Crippen LogP) is 5.85. The summed E-state index contributed by atoms with van der Waals surface area (Å²) < 4.78 is 26.2. The largest absolute Gasteiger partial charge is 0.343 e. The number of hydrogen-bond acceptors (Lipinski definition) is 5. The summed E-state index contributed by atoms with van der Waals surface area (Å²) in [5.74, 6) is -0.840. The van der Waals surface area contributed by atoms with Crippen LogP contribution in [0.3, 0.4) is 0 Å². The molecule has 0 atom stereocenters. The molecule has 154 valence electrons. The SMILES string of the molecule is CCCCCCCC/C=C\CCCCCCCC(=O)OOS(=O)(=O)CC. The van der Waals surface area contributed by atoms with Crippen molar-refractivity contribution in [3.63, 3.8) is 0 Å². The van der Waals surface area contributed by atoms with Crippen LogP contribution >= 0.6 is 0 Å². The third-order valence-electron chi connectivity index (χ3n) is 4.23. The molecule has 0 saturated heterocycles. The summed E-state index contributed by atoms with van der Waals surface area (Å²) in [7, 11) is -3.72. The van der Waals surface area contributed by atoms with Crippen LogP contribution in [-0.2, 0) is 24.1 Å². The Kier molecular flexibility index (Phi) is 16.9. The second kappa shape index (κ2) is 17.5. The second-order valence-corrected chi connectivity index (χ2v) is 8.53. The van der Waals surface area contributed by atoms with E-state index in [2.05, 4.69) is 28.3 Å². The minimum absolute atomic E-state index is 0.192. The van der Waals surface area contributed by atoms with Gasteiger partial charge in [0.2, 0.25) is 0 Å². The molecule has 0 radical (unpaired) electrons. The lowest BCUT2D eigenvalue weighted by Crippen LogP contribution is -2.13. The first kappa shape index (κ1) is 25.1. The van der Waals surface area contributed by atoms with Crippen molar-refractivity contribution < 1.29 is 22.4 Å². The smallest absolute Gasteiger partial charge is 0.282 e. The fourth-order valence-electron chi connectivity index (χ4n) is 2.52. The highest BCUT2D eigenvalue weighted by Gasteiger charge is 2.12. The first-order valence-electron chi connectivity index (χ1n) is 10.3. The molecule has 5 nitrogen and oxygen atoms in total. The van der Waals surface area contributed by atoms with E-state index in [0.29, 0.717) is 6.42 Å². The van der Waals surface area contributed by atoms with Gasteiger partial charge in [0, 0.05) is 6.42 Å². The van der Waals surface area contributed by atoms with Gasteiger partial charge in [0.1, 0.15) is 0 Å². The molecule has 0 spiro atoms. The Morgan fingerprint density at radius 2 is 1.27 bits per heavy atom. The van der Waals surface area contributed by atoms with Crippen LogP contribution in [0, 0.1) is 0 Å². The third-order valence-corrected chi connectivity index (χ3v) is 5.21. The molecule has 0 amide bonds. The van der Waals surface area contributed by atoms with Gasteiger partial charge < -0.3 is 0 Å². The lowest BCUT2D eigenvalue weighted by atomic mass is 10.1. The Hall–Kier alpha value is -0.880. The van der Waals surface area contributed by atoms with Crippen LogP contribution < -0.4 is 0 Å². The van der Waals surface area contributed by atoms with Crippen LogP contribution in [0.4, 0.5) is 0 Å². The van der Waals surface area contributed by atoms with E-state index in [1.165, 1.54) is 58.3 Å². The molecule has 0 aliphatic carbocycles. The van der Waals surface area contributed by atoms with E-state index in [0.717, 1.165) is 25.7 Å². The average Bonchev–Trinajstić information content (AvgIpc) is 2.63. The lowest BCUT2D eigenvalue weighted by Gasteiger charge is -2.02. The Balaban J connectivity index is 3.33. The van der Waals surface area contributed by atoms with E-state index >= 15 is 0 Å². The van der Waals surface area contributed by atoms with Crippen LogP contribution in [0.2, 0.25) is 0 Å². The summed E-state index contributed by atoms with van der Waals surface area (Å²) in [5, 5.41) is 0. The standard InChI is InChI=1S/C20H38O5S/c1-3-5-6-7-8-9-10-11-12-13-14-15-16-17-18-19-20(21)24-25-26(22,23)4-2/h11-12H,3-10,13-19H2,1-2H3/b12-11-. The number of carbonyl (C=O) groups excluding carboxylic acids is 1. The topological polar surface area (TPSA) is 69.7 Å². The first-order chi connectivity index (χ1) is 12.5. The molecule has 0 fully saturated rings. The fourth-order valence-corrected chi connectivity index (χ4v) is 2.80. The van der Waals surface area contributed by atoms with Gasteiger partial charge in [-0.25, -0.2) is 4.79 Å². The molecule has 6 heteroatoms. The summed E-state index contributed by atoms with van der Waals surface area (Å²) in [6, 6.07) is 0. The summed E-state index contributed by atoms with van der Waals surface area (Å²) >= 11 is 0. The first-order valence-corrected chi connectivity index (χ1v) is 11.9. The quantitative estimate of drug-likeness (QED) is 0.127. The van der Waals surface area contributed by atoms with Gasteiger partial charge in [-0.05, 0) is 39.0 Å². The Morgan fingerprint density at radius 1 is 0.769 bits per heavy atom. The van der Waals surface area contributed by atoms with Crippen molar-refractivity contribution in [1.29, 1.82) is 0 Å². The molecule has 0 heterocycles. The zero-order valence-electron chi connectivity index (χ0n) is 16.7. The van der Waals surface area contributed by atoms with E-state index in [1.54, 1.807) is 0 Å². The highest BCUT2D eigenvalue weighted by Crippen LogP contribution is 2.10. The molecule has 0 aromatic rings. The molecule has 0 rings (SSSR count). The fraction of sp³-hybridized carbons (Fsp3) is 0.850. The molecule has 26 heavy (non-hydrogen) atoms. The molecule has 0 saturated carbocycles. The van der Waals surface area contributed by atoms with Gasteiger partial charge in [-0.2, -0.15) is 8.42 Å². The summed E-state index contributed by atoms with van der Waals surface area (Å²) in [4.78, 5) is 15.6. The summed E-state index contributed by atoms with van der Waals surface area (Å²) in [5.41, 5.74) is 0. The van der Waals surface area contributed by atoms with Crippen molar-refractivity contribution in [2.75, 3.05) is 5.75 Å². The number of hydrogen-bond donors (Lipinski definition) is 0. The number of unbranched alkanes of at least 4 members (excludes halogenated alkanes) is 11. The predicted molar refractivity (Wildman–Crippen MR) is 106 cm³/mol. The van der Waals surface area contributed by atoms with Crippen LogP contribution in [0.25, 0.3) is 0 Å². The average molecular weight is 391 g/mol. The molecular formula is C20H38O5S. The van der Waals surface area contributed by atoms with Crippen molar-refractivity contribution in [3.05, 3.63) is 12.2 Å². The van der Waals surface area contributed by atoms with Gasteiger partial charge in [0.05, 0.1) is 5.75 Å². The van der Waals surface area contributed by atoms with Gasteiger partial charge in [-0.1, -0.05) is 74.8 Å². The normalized spacial score (nSPS) is 11.9. The maximum Gasteiger partial charge on any atom is 0.343 e. The van der Waals surface area contributed by atoms with Gasteiger partial charge in [-0.3, -0.25) is 4.89 Å². The van der Waals surface area contributed by atoms with Crippen LogP contribution in [0.1, 0.15) is 104 Å². The third kappa shape index (κ3) is 17.9. The summed E-state index contributed by atoms with van der Waals surface area (Å²) in [6.45, 7) is 3.67. The van der Waals surface area contributed by atoms with E-state index in [9.17, 15) is 13.2 Å². The van der Waals surface area contributed by atoms with E-state index in [4.69, 9.17) is 0 Å². The van der Waals surface area contributed by atoms with E-state index < -0.39 is 16.1 Å². The monoisotopic (exact) mass is 390 g/mol. The van der Waals surface area contributed by atoms with Crippen LogP contribution in [-0.4, -0.2) is 20.1 Å². The van der Waals surface area contributed by atoms with Crippen LogP contribution in [0.15, 0.2) is 12.2 Å². The zero-order chi connectivity index (χ0) is 19.5. The lowest BCUT2D eigenvalue weighted by molar-refractivity contribution is -0.211. The minimum atomic E-state index is -3.72. The van der Waals surface area contributed by atoms with Gasteiger partial charge in [-0.15, -0.1) is 0 Å². The molecular weight excluding hydrogens is 352 g/mol. The Bertz CT molecular complexity index is 457. The number of allylic oxidation sites excluding steroid dienone is 2. The molecule has 0 aliphatic heterocycles. The van der Waals surface area contributed by atoms with Crippen molar-refractivity contribution in [2.24, 2.45) is 0 Å². The van der Waals surface area contributed by atoms with Crippen molar-refractivity contribution in [2.45, 2.75) is 104 Å². The Labute approximate surface area is 160 Å². The highest BCUT2D eigenvalue weighted by atomic mass is 32.2. The molecule has 0 N–H and O–H groups in total. The van der Waals surface area contributed by atoms with E-state index in [1.807, 2.05) is 0 Å². The maximum atomic E-state index is 11.3. The molecule has 0 unspecified atom stereocenters. The zero-order valence-corrected chi connectivity index (χ0v) is 17.5. The second-order valence-electron chi connectivity index (χ2n) is 6.70. The van der Waals surface area contributed by atoms with Crippen LogP contribution in [0.5, 0.6) is 0 Å². The molecule has 0 bridgehead atoms. The van der Waals surface area contributed by atoms with Gasteiger partial charge in [0.25, 0.3) is 0 Å². The molecule has 0 aliphatic rings. The highest BCUT2D eigenvalue weighted by molar-refractivity contribution is 7.86. The molecule has 0 aromatic carbocycles. The van der Waals surface area contributed by atoms with Crippen molar-refractivity contribution in [3.8, 4) is 0 Å². The summed E-state index contributed by atoms with van der Waals surface area (Å²) in [6.07, 6.45) is 20.2. The van der Waals surface area contributed by atoms with E-state index in [-0.39, 0.29) is 12.2 Å². The van der Waals surface area contributed by atoms with Gasteiger partial charge >= 0.3 is 16.1 Å².